The third-order valence-electron chi connectivity index (χ3n) is 9.57. The maximum Gasteiger partial charge on any atom is 0.472 e. The number of nitrogens with one attached hydrogen (secondary N) is 1. The lowest BCUT2D eigenvalue weighted by Crippen LogP contribution is -2.43. The molecule has 0 aliphatic carbocycles. The van der Waals surface area contributed by atoms with Gasteiger partial charge in [-0.15, -0.1) is 0 Å². The zero-order chi connectivity index (χ0) is 43.5. The fourth-order valence-corrected chi connectivity index (χ4v) is 6.82. The molecule has 12 heteroatoms. The van der Waals surface area contributed by atoms with E-state index in [4.69, 9.17) is 13.8 Å². The van der Waals surface area contributed by atoms with Crippen LogP contribution in [-0.2, 0) is 32.7 Å². The lowest BCUT2D eigenvalue weighted by atomic mass is 10.0. The highest BCUT2D eigenvalue weighted by atomic mass is 31.2. The van der Waals surface area contributed by atoms with Crippen LogP contribution in [0.2, 0.25) is 0 Å². The first-order chi connectivity index (χ1) is 28.6. The molecule has 0 heterocycles. The van der Waals surface area contributed by atoms with Gasteiger partial charge in [-0.2, -0.15) is 0 Å². The molecule has 0 fully saturated rings. The number of hydrogen-bond donors (Lipinski definition) is 4. The van der Waals surface area contributed by atoms with E-state index in [1.807, 2.05) is 0 Å². The summed E-state index contributed by atoms with van der Waals surface area (Å²) in [7, 11) is -4.76. The Bertz CT molecular complexity index is 1230. The Kier molecular flexibility index (Phi) is 39.9. The second-order valence-electron chi connectivity index (χ2n) is 15.2. The Morgan fingerprint density at radius 2 is 0.983 bits per heavy atom. The van der Waals surface area contributed by atoms with Gasteiger partial charge >= 0.3 is 19.8 Å². The van der Waals surface area contributed by atoms with Gasteiger partial charge in [-0.25, -0.2) is 9.36 Å². The fraction of sp³-hybridized carbons (Fsp3) is 0.723. The summed E-state index contributed by atoms with van der Waals surface area (Å²) < 4.78 is 26.8. The van der Waals surface area contributed by atoms with Crippen molar-refractivity contribution in [1.82, 2.24) is 5.32 Å². The van der Waals surface area contributed by atoms with Crippen LogP contribution < -0.4 is 5.32 Å². The van der Waals surface area contributed by atoms with E-state index in [9.17, 15) is 34.1 Å². The number of carboxylic acids is 1. The average molecular weight is 852 g/mol. The molecule has 11 nitrogen and oxygen atoms in total. The number of aliphatic carboxylic acids is 1. The van der Waals surface area contributed by atoms with Crippen molar-refractivity contribution in [2.45, 2.75) is 199 Å². The molecule has 0 aliphatic heterocycles. The molecule has 0 aromatic carbocycles. The highest BCUT2D eigenvalue weighted by Gasteiger charge is 2.28. The molecular weight excluding hydrogens is 769 g/mol. The summed E-state index contributed by atoms with van der Waals surface area (Å²) in [5.74, 6) is -2.39. The molecule has 0 saturated heterocycles. The lowest BCUT2D eigenvalue weighted by molar-refractivity contribution is -0.147. The van der Waals surface area contributed by atoms with Crippen LogP contribution >= 0.6 is 7.82 Å². The molecule has 0 spiro atoms. The van der Waals surface area contributed by atoms with E-state index in [2.05, 4.69) is 79.9 Å². The quantitative estimate of drug-likeness (QED) is 0.0201. The van der Waals surface area contributed by atoms with Crippen LogP contribution in [-0.4, -0.2) is 64.9 Å². The summed E-state index contributed by atoms with van der Waals surface area (Å²) in [6.07, 6.45) is 48.1. The second-order valence-corrected chi connectivity index (χ2v) is 16.7. The van der Waals surface area contributed by atoms with Crippen molar-refractivity contribution in [3.05, 3.63) is 60.8 Å². The third kappa shape index (κ3) is 41.7. The molecule has 1 amide bonds. The van der Waals surface area contributed by atoms with Gasteiger partial charge in [0.15, 0.2) is 6.04 Å². The Labute approximate surface area is 357 Å². The number of unbranched alkanes of at least 4 members (excludes halogenated alkanes) is 18. The van der Waals surface area contributed by atoms with E-state index < -0.39 is 57.6 Å². The SMILES string of the molecule is CC/C=C\C/C=C\C/C=C\C/C=C\C/C=C\CCCCCCCCCC(=O)NC(COP(=O)(O)OCC(O)COC(=O)CCCCCCCCCCCCCC)C(=O)O. The van der Waals surface area contributed by atoms with Gasteiger partial charge in [0.2, 0.25) is 5.91 Å². The van der Waals surface area contributed by atoms with Crippen molar-refractivity contribution in [2.24, 2.45) is 0 Å². The number of carbonyl (C=O) groups is 3. The first-order valence-corrected chi connectivity index (χ1v) is 24.3. The minimum Gasteiger partial charge on any atom is -0.480 e. The van der Waals surface area contributed by atoms with E-state index in [0.717, 1.165) is 96.3 Å². The second kappa shape index (κ2) is 41.9. The molecule has 340 valence electrons. The van der Waals surface area contributed by atoms with Gasteiger partial charge in [0.1, 0.15) is 12.7 Å². The predicted octanol–water partition coefficient (Wildman–Crippen LogP) is 11.9. The van der Waals surface area contributed by atoms with Crippen molar-refractivity contribution in [1.29, 1.82) is 0 Å². The van der Waals surface area contributed by atoms with Gasteiger partial charge in [0.25, 0.3) is 0 Å². The highest BCUT2D eigenvalue weighted by molar-refractivity contribution is 7.47. The first-order valence-electron chi connectivity index (χ1n) is 22.8. The highest BCUT2D eigenvalue weighted by Crippen LogP contribution is 2.43. The third-order valence-corrected chi connectivity index (χ3v) is 10.5. The zero-order valence-corrected chi connectivity index (χ0v) is 37.7. The molecule has 0 aromatic heterocycles. The molecule has 3 unspecified atom stereocenters. The molecule has 59 heavy (non-hydrogen) atoms. The molecule has 4 N–H and O–H groups in total. The number of phosphoric acid groups is 1. The Morgan fingerprint density at radius 3 is 1.47 bits per heavy atom. The van der Waals surface area contributed by atoms with Crippen LogP contribution in [0.4, 0.5) is 0 Å². The smallest absolute Gasteiger partial charge is 0.472 e. The van der Waals surface area contributed by atoms with E-state index >= 15 is 0 Å². The van der Waals surface area contributed by atoms with Gasteiger partial charge in [-0.3, -0.25) is 18.6 Å². The van der Waals surface area contributed by atoms with Crippen LogP contribution in [0.15, 0.2) is 60.8 Å². The summed E-state index contributed by atoms with van der Waals surface area (Å²) in [6, 6.07) is -1.55. The Morgan fingerprint density at radius 1 is 0.559 bits per heavy atom. The predicted molar refractivity (Wildman–Crippen MR) is 240 cm³/mol. The molecule has 3 atom stereocenters. The van der Waals surface area contributed by atoms with E-state index in [-0.39, 0.29) is 12.8 Å². The first kappa shape index (κ1) is 56.2. The average Bonchev–Trinajstić information content (AvgIpc) is 3.21. The summed E-state index contributed by atoms with van der Waals surface area (Å²) in [4.78, 5) is 45.9. The maximum atomic E-state index is 12.3. The molecule has 0 saturated carbocycles. The number of aliphatic hydroxyl groups excluding tert-OH is 1. The van der Waals surface area contributed by atoms with Gasteiger partial charge in [-0.1, -0.05) is 177 Å². The maximum absolute atomic E-state index is 12.3. The molecule has 0 aromatic rings. The number of hydrogen-bond acceptors (Lipinski definition) is 8. The summed E-state index contributed by atoms with van der Waals surface area (Å²) in [6.45, 7) is 2.47. The van der Waals surface area contributed by atoms with Crippen LogP contribution in [0, 0.1) is 0 Å². The van der Waals surface area contributed by atoms with Gasteiger partial charge in [0, 0.05) is 12.8 Å². The lowest BCUT2D eigenvalue weighted by Gasteiger charge is -2.18. The topological polar surface area (TPSA) is 169 Å². The van der Waals surface area contributed by atoms with Crippen molar-refractivity contribution in [2.75, 3.05) is 19.8 Å². The summed E-state index contributed by atoms with van der Waals surface area (Å²) in [5.41, 5.74) is 0. The molecule has 0 bridgehead atoms. The van der Waals surface area contributed by atoms with Crippen LogP contribution in [0.1, 0.15) is 187 Å². The molecule has 0 aliphatic rings. The minimum absolute atomic E-state index is 0.130. The zero-order valence-electron chi connectivity index (χ0n) is 36.8. The number of carboxylic acid groups (broad SMARTS) is 1. The van der Waals surface area contributed by atoms with E-state index in [0.29, 0.717) is 12.8 Å². The van der Waals surface area contributed by atoms with E-state index in [1.54, 1.807) is 0 Å². The van der Waals surface area contributed by atoms with Gasteiger partial charge < -0.3 is 25.2 Å². The Balaban J connectivity index is 3.91. The van der Waals surface area contributed by atoms with Crippen molar-refractivity contribution < 1.29 is 47.8 Å². The van der Waals surface area contributed by atoms with Gasteiger partial charge in [0.05, 0.1) is 13.2 Å². The number of allylic oxidation sites excluding steroid dienone is 10. The van der Waals surface area contributed by atoms with Gasteiger partial charge in [-0.05, 0) is 57.8 Å². The van der Waals surface area contributed by atoms with Crippen molar-refractivity contribution >= 4 is 25.7 Å². The summed E-state index contributed by atoms with van der Waals surface area (Å²) >= 11 is 0. The minimum atomic E-state index is -4.76. The van der Waals surface area contributed by atoms with Crippen LogP contribution in [0.3, 0.4) is 0 Å². The normalized spacial score (nSPS) is 14.2. The van der Waals surface area contributed by atoms with Crippen LogP contribution in [0.25, 0.3) is 0 Å². The standard InChI is InChI=1S/C47H82NO10P/c1-3-5-7-9-11-13-15-17-18-19-20-21-22-23-24-25-26-27-28-30-32-34-36-38-45(50)48-44(47(52)53)42-58-59(54,55)57-41-43(49)40-56-46(51)39-37-35-33-31-29-16-14-12-10-8-6-4-2/h5,7,11,13,17-18,20-21,23-24,43-44,49H,3-4,6,8-10,12,14-16,19,22,25-42H2,1-2H3,(H,48,50)(H,52,53)(H,54,55)/b7-5-,13-11-,18-17-,21-20-,24-23-. The van der Waals surface area contributed by atoms with E-state index in [1.165, 1.54) is 51.4 Å². The molecule has 0 radical (unpaired) electrons. The number of phosphoric ester groups is 1. The Hall–Kier alpha value is -2.82. The number of rotatable bonds is 42. The molecule has 0 rings (SSSR count). The summed E-state index contributed by atoms with van der Waals surface area (Å²) in [5, 5.41) is 21.8. The number of carbonyl (C=O) groups excluding carboxylic acids is 2. The van der Waals surface area contributed by atoms with Crippen molar-refractivity contribution in [3.8, 4) is 0 Å². The largest absolute Gasteiger partial charge is 0.480 e. The monoisotopic (exact) mass is 852 g/mol. The number of amides is 1. The van der Waals surface area contributed by atoms with Crippen LogP contribution in [0.5, 0.6) is 0 Å². The fourth-order valence-electron chi connectivity index (χ4n) is 6.05. The number of aliphatic hydroxyl groups is 1. The number of ether oxygens (including phenoxy) is 1. The van der Waals surface area contributed by atoms with Crippen molar-refractivity contribution in [3.63, 3.8) is 0 Å². The number of esters is 1. The molecular formula is C47H82NO10P.